The molecule has 1 amide bonds. The molecule has 0 saturated carbocycles. The number of para-hydroxylation sites is 2. The van der Waals surface area contributed by atoms with Gasteiger partial charge in [0.1, 0.15) is 0 Å². The maximum atomic E-state index is 12.4. The zero-order valence-corrected chi connectivity index (χ0v) is 20.7. The van der Waals surface area contributed by atoms with Gasteiger partial charge in [-0.25, -0.2) is 9.48 Å². The van der Waals surface area contributed by atoms with Crippen molar-refractivity contribution < 1.29 is 14.3 Å². The van der Waals surface area contributed by atoms with Gasteiger partial charge < -0.3 is 10.1 Å². The Morgan fingerprint density at radius 3 is 2.44 bits per heavy atom. The van der Waals surface area contributed by atoms with Crippen LogP contribution in [0.4, 0.5) is 5.69 Å². The van der Waals surface area contributed by atoms with Crippen molar-refractivity contribution in [2.24, 2.45) is 0 Å². The van der Waals surface area contributed by atoms with E-state index in [2.05, 4.69) is 5.32 Å². The highest BCUT2D eigenvalue weighted by Gasteiger charge is 2.13. The van der Waals surface area contributed by atoms with Gasteiger partial charge >= 0.3 is 5.97 Å². The number of esters is 1. The summed E-state index contributed by atoms with van der Waals surface area (Å²) < 4.78 is 6.98. The predicted octanol–water partition coefficient (Wildman–Crippen LogP) is 5.91. The number of rotatable bonds is 8. The van der Waals surface area contributed by atoms with E-state index in [0.29, 0.717) is 0 Å². The molecule has 0 radical (unpaired) electrons. The van der Waals surface area contributed by atoms with Gasteiger partial charge in [-0.3, -0.25) is 4.79 Å². The maximum Gasteiger partial charge on any atom is 0.331 e. The number of carbonyl (C=O) groups is 2. The van der Waals surface area contributed by atoms with Crippen LogP contribution >= 0.6 is 0 Å². The van der Waals surface area contributed by atoms with Crippen LogP contribution in [0.5, 0.6) is 0 Å². The Labute approximate surface area is 211 Å². The molecule has 0 fully saturated rings. The lowest BCUT2D eigenvalue weighted by molar-refractivity contribution is -0.142. The summed E-state index contributed by atoms with van der Waals surface area (Å²) in [4.78, 5) is 24.8. The summed E-state index contributed by atoms with van der Waals surface area (Å²) in [6.45, 7) is 5.63. The SMILES string of the molecule is CCc1cccc(C)c1NC(=O)COC(=O)/C=C/c1cn(-c2ccccc2)nc1-c1ccc(C)cc1. The van der Waals surface area contributed by atoms with Gasteiger partial charge in [-0.05, 0) is 49.6 Å². The Morgan fingerprint density at radius 1 is 0.972 bits per heavy atom. The van der Waals surface area contributed by atoms with Crippen LogP contribution in [0, 0.1) is 13.8 Å². The molecule has 0 saturated heterocycles. The van der Waals surface area contributed by atoms with E-state index in [1.165, 1.54) is 6.08 Å². The van der Waals surface area contributed by atoms with Crippen LogP contribution in [-0.4, -0.2) is 28.3 Å². The number of carbonyl (C=O) groups excluding carboxylic acids is 2. The lowest BCUT2D eigenvalue weighted by Gasteiger charge is -2.12. The van der Waals surface area contributed by atoms with Crippen molar-refractivity contribution in [1.29, 1.82) is 0 Å². The van der Waals surface area contributed by atoms with Crippen molar-refractivity contribution in [2.45, 2.75) is 27.2 Å². The smallest absolute Gasteiger partial charge is 0.331 e. The monoisotopic (exact) mass is 479 g/mol. The molecule has 0 aliphatic heterocycles. The van der Waals surface area contributed by atoms with Crippen LogP contribution in [0.1, 0.15) is 29.2 Å². The Balaban J connectivity index is 1.47. The van der Waals surface area contributed by atoms with E-state index < -0.39 is 5.97 Å². The number of hydrogen-bond acceptors (Lipinski definition) is 4. The number of aromatic nitrogens is 2. The topological polar surface area (TPSA) is 73.2 Å². The number of aryl methyl sites for hydroxylation is 3. The first kappa shape index (κ1) is 24.7. The van der Waals surface area contributed by atoms with Gasteiger partial charge in [0, 0.05) is 29.1 Å². The number of anilines is 1. The number of nitrogens with one attached hydrogen (secondary N) is 1. The van der Waals surface area contributed by atoms with Crippen LogP contribution < -0.4 is 5.32 Å². The zero-order valence-electron chi connectivity index (χ0n) is 20.7. The Morgan fingerprint density at radius 2 is 1.72 bits per heavy atom. The molecule has 3 aromatic carbocycles. The maximum absolute atomic E-state index is 12.4. The first-order valence-corrected chi connectivity index (χ1v) is 11.9. The number of amides is 1. The number of nitrogens with zero attached hydrogens (tertiary/aromatic N) is 2. The fourth-order valence-electron chi connectivity index (χ4n) is 3.88. The molecule has 182 valence electrons. The number of ether oxygens (including phenoxy) is 1. The summed E-state index contributed by atoms with van der Waals surface area (Å²) in [5, 5.41) is 7.62. The standard InChI is InChI=1S/C30H29N3O3/c1-4-23-10-8-9-22(3)29(23)31-27(34)20-36-28(35)18-17-25-19-33(26-11-6-5-7-12-26)32-30(25)24-15-13-21(2)14-16-24/h5-19H,4,20H2,1-3H3,(H,31,34)/b18-17+. The molecule has 0 spiro atoms. The van der Waals surface area contributed by atoms with Crippen LogP contribution in [-0.2, 0) is 20.7 Å². The molecule has 4 rings (SSSR count). The molecule has 0 unspecified atom stereocenters. The van der Waals surface area contributed by atoms with Crippen molar-refractivity contribution in [3.8, 4) is 16.9 Å². The van der Waals surface area contributed by atoms with Gasteiger partial charge in [0.05, 0.1) is 11.4 Å². The average Bonchev–Trinajstić information content (AvgIpc) is 3.32. The van der Waals surface area contributed by atoms with E-state index in [0.717, 1.165) is 51.3 Å². The third kappa shape index (κ3) is 5.96. The van der Waals surface area contributed by atoms with E-state index in [-0.39, 0.29) is 12.5 Å². The van der Waals surface area contributed by atoms with Gasteiger partial charge in [0.25, 0.3) is 5.91 Å². The number of hydrogen-bond donors (Lipinski definition) is 1. The molecular weight excluding hydrogens is 450 g/mol. The molecule has 1 aromatic heterocycles. The minimum absolute atomic E-state index is 0.366. The fraction of sp³-hybridized carbons (Fsp3) is 0.167. The van der Waals surface area contributed by atoms with Gasteiger partial charge in [0.15, 0.2) is 6.61 Å². The highest BCUT2D eigenvalue weighted by Crippen LogP contribution is 2.25. The largest absolute Gasteiger partial charge is 0.452 e. The van der Waals surface area contributed by atoms with Crippen LogP contribution in [0.2, 0.25) is 0 Å². The van der Waals surface area contributed by atoms with Gasteiger partial charge in [-0.15, -0.1) is 0 Å². The van der Waals surface area contributed by atoms with E-state index in [9.17, 15) is 9.59 Å². The molecule has 0 aliphatic rings. The molecule has 0 atom stereocenters. The molecule has 36 heavy (non-hydrogen) atoms. The van der Waals surface area contributed by atoms with Crippen LogP contribution in [0.15, 0.2) is 85.1 Å². The molecule has 6 nitrogen and oxygen atoms in total. The van der Waals surface area contributed by atoms with E-state index in [1.54, 1.807) is 10.8 Å². The van der Waals surface area contributed by atoms with Crippen LogP contribution in [0.3, 0.4) is 0 Å². The second-order valence-corrected chi connectivity index (χ2v) is 8.53. The second kappa shape index (κ2) is 11.3. The minimum atomic E-state index is -0.604. The summed E-state index contributed by atoms with van der Waals surface area (Å²) >= 11 is 0. The van der Waals surface area contributed by atoms with E-state index >= 15 is 0 Å². The molecular formula is C30H29N3O3. The Bertz CT molecular complexity index is 1390. The average molecular weight is 480 g/mol. The molecule has 6 heteroatoms. The Kier molecular flexibility index (Phi) is 7.75. The van der Waals surface area contributed by atoms with Crippen molar-refractivity contribution in [2.75, 3.05) is 11.9 Å². The predicted molar refractivity (Wildman–Crippen MR) is 143 cm³/mol. The Hall–Kier alpha value is -4.45. The summed E-state index contributed by atoms with van der Waals surface area (Å²) in [5.41, 5.74) is 7.27. The quantitative estimate of drug-likeness (QED) is 0.252. The highest BCUT2D eigenvalue weighted by molar-refractivity contribution is 5.96. The lowest BCUT2D eigenvalue weighted by Crippen LogP contribution is -2.21. The van der Waals surface area contributed by atoms with Gasteiger partial charge in [-0.1, -0.05) is 73.2 Å². The highest BCUT2D eigenvalue weighted by atomic mass is 16.5. The molecule has 0 bridgehead atoms. The van der Waals surface area contributed by atoms with Gasteiger partial charge in [0.2, 0.25) is 0 Å². The summed E-state index contributed by atoms with van der Waals surface area (Å²) in [7, 11) is 0. The normalized spacial score (nSPS) is 11.0. The minimum Gasteiger partial charge on any atom is -0.452 e. The molecule has 0 aliphatic carbocycles. The molecule has 1 N–H and O–H groups in total. The lowest BCUT2D eigenvalue weighted by atomic mass is 10.1. The summed E-state index contributed by atoms with van der Waals surface area (Å²) in [6, 6.07) is 23.7. The molecule has 4 aromatic rings. The summed E-state index contributed by atoms with van der Waals surface area (Å²) in [6.07, 6.45) is 5.65. The number of benzene rings is 3. The zero-order chi connectivity index (χ0) is 25.5. The van der Waals surface area contributed by atoms with Crippen LogP contribution in [0.25, 0.3) is 23.0 Å². The van der Waals surface area contributed by atoms with Crippen molar-refractivity contribution >= 4 is 23.6 Å². The fourth-order valence-corrected chi connectivity index (χ4v) is 3.88. The van der Waals surface area contributed by atoms with Crippen molar-refractivity contribution in [3.63, 3.8) is 0 Å². The third-order valence-corrected chi connectivity index (χ3v) is 5.84. The van der Waals surface area contributed by atoms with E-state index in [4.69, 9.17) is 9.84 Å². The van der Waals surface area contributed by atoms with Gasteiger partial charge in [-0.2, -0.15) is 5.10 Å². The molecule has 1 heterocycles. The van der Waals surface area contributed by atoms with Crippen molar-refractivity contribution in [1.82, 2.24) is 9.78 Å². The summed E-state index contributed by atoms with van der Waals surface area (Å²) in [5.74, 6) is -0.981. The first-order chi connectivity index (χ1) is 17.4. The second-order valence-electron chi connectivity index (χ2n) is 8.53. The van der Waals surface area contributed by atoms with E-state index in [1.807, 2.05) is 99.8 Å². The first-order valence-electron chi connectivity index (χ1n) is 11.9. The van der Waals surface area contributed by atoms with Crippen molar-refractivity contribution in [3.05, 3.63) is 107 Å². The third-order valence-electron chi connectivity index (χ3n) is 5.84.